The van der Waals surface area contributed by atoms with Gasteiger partial charge < -0.3 is 0 Å². The van der Waals surface area contributed by atoms with Crippen LogP contribution >= 0.6 is 0 Å². The van der Waals surface area contributed by atoms with Crippen LogP contribution in [0.3, 0.4) is 0 Å². The van der Waals surface area contributed by atoms with Gasteiger partial charge in [0.1, 0.15) is 0 Å². The molecule has 0 heterocycles. The highest BCUT2D eigenvalue weighted by Crippen LogP contribution is 2.50. The van der Waals surface area contributed by atoms with Crippen molar-refractivity contribution in [2.24, 2.45) is 23.2 Å². The van der Waals surface area contributed by atoms with Crippen LogP contribution in [0.2, 0.25) is 0 Å². The van der Waals surface area contributed by atoms with Crippen LogP contribution < -0.4 is 0 Å². The number of rotatable bonds is 10. The van der Waals surface area contributed by atoms with Crippen molar-refractivity contribution < 1.29 is 0 Å². The van der Waals surface area contributed by atoms with E-state index < -0.39 is 0 Å². The Labute approximate surface area is 147 Å². The van der Waals surface area contributed by atoms with Crippen LogP contribution in [0, 0.1) is 23.2 Å². The standard InChI is InChI=1S/C23H44/c1-4-6-8-12-20(3)18-21-13-11-14-22(21)19-23(15-5-2)16-9-7-10-17-23/h20-22H,4-19H2,1-3H3. The van der Waals surface area contributed by atoms with Gasteiger partial charge in [0, 0.05) is 0 Å². The molecule has 23 heavy (non-hydrogen) atoms. The molecule has 0 spiro atoms. The molecule has 0 aromatic carbocycles. The zero-order valence-electron chi connectivity index (χ0n) is 16.5. The van der Waals surface area contributed by atoms with Gasteiger partial charge in [-0.2, -0.15) is 0 Å². The average Bonchev–Trinajstić information content (AvgIpc) is 2.95. The van der Waals surface area contributed by atoms with Crippen LogP contribution in [0.5, 0.6) is 0 Å². The molecule has 0 aromatic rings. The van der Waals surface area contributed by atoms with Gasteiger partial charge in [0.2, 0.25) is 0 Å². The highest BCUT2D eigenvalue weighted by molar-refractivity contribution is 4.89. The lowest BCUT2D eigenvalue weighted by Gasteiger charge is -2.41. The average molecular weight is 321 g/mol. The van der Waals surface area contributed by atoms with Gasteiger partial charge >= 0.3 is 0 Å². The van der Waals surface area contributed by atoms with E-state index in [0.717, 1.165) is 23.2 Å². The number of unbranched alkanes of at least 4 members (excludes halogenated alkanes) is 2. The molecule has 0 N–H and O–H groups in total. The third-order valence-electron chi connectivity index (χ3n) is 7.21. The van der Waals surface area contributed by atoms with Crippen LogP contribution in [0.15, 0.2) is 0 Å². The fraction of sp³-hybridized carbons (Fsp3) is 1.00. The van der Waals surface area contributed by atoms with E-state index in [-0.39, 0.29) is 0 Å². The van der Waals surface area contributed by atoms with E-state index in [1.807, 2.05) is 0 Å². The lowest BCUT2D eigenvalue weighted by atomic mass is 9.65. The second-order valence-corrected chi connectivity index (χ2v) is 9.30. The maximum atomic E-state index is 2.54. The van der Waals surface area contributed by atoms with E-state index in [9.17, 15) is 0 Å². The Kier molecular flexibility index (Phi) is 8.48. The van der Waals surface area contributed by atoms with Crippen LogP contribution in [0.4, 0.5) is 0 Å². The minimum atomic E-state index is 0.756. The lowest BCUT2D eigenvalue weighted by molar-refractivity contribution is 0.108. The Hall–Kier alpha value is 0. The second-order valence-electron chi connectivity index (χ2n) is 9.30. The molecule has 0 saturated heterocycles. The molecular formula is C23H44. The molecule has 2 rings (SSSR count). The number of hydrogen-bond donors (Lipinski definition) is 0. The molecule has 2 saturated carbocycles. The molecule has 136 valence electrons. The summed E-state index contributed by atoms with van der Waals surface area (Å²) in [6.07, 6.45) is 24.1. The zero-order valence-corrected chi connectivity index (χ0v) is 16.5. The molecule has 3 atom stereocenters. The van der Waals surface area contributed by atoms with E-state index in [2.05, 4.69) is 20.8 Å². The van der Waals surface area contributed by atoms with Gasteiger partial charge in [0.25, 0.3) is 0 Å². The third kappa shape index (κ3) is 6.09. The summed E-state index contributed by atoms with van der Waals surface area (Å²) >= 11 is 0. The normalized spacial score (nSPS) is 28.8. The lowest BCUT2D eigenvalue weighted by Crippen LogP contribution is -2.28. The Morgan fingerprint density at radius 1 is 0.870 bits per heavy atom. The first-order chi connectivity index (χ1) is 11.2. The summed E-state index contributed by atoms with van der Waals surface area (Å²) < 4.78 is 0. The van der Waals surface area contributed by atoms with Crippen LogP contribution in [0.1, 0.15) is 124 Å². The highest BCUT2D eigenvalue weighted by atomic mass is 14.4. The Morgan fingerprint density at radius 3 is 2.30 bits per heavy atom. The summed E-state index contributed by atoms with van der Waals surface area (Å²) in [5, 5.41) is 0. The first-order valence-corrected chi connectivity index (χ1v) is 11.2. The first-order valence-electron chi connectivity index (χ1n) is 11.2. The smallest absolute Gasteiger partial charge is 0.0295 e. The quantitative estimate of drug-likeness (QED) is 0.356. The van der Waals surface area contributed by atoms with Gasteiger partial charge in [-0.25, -0.2) is 0 Å². The predicted molar refractivity (Wildman–Crippen MR) is 104 cm³/mol. The maximum absolute atomic E-state index is 2.54. The van der Waals surface area contributed by atoms with Crippen molar-refractivity contribution in [3.8, 4) is 0 Å². The van der Waals surface area contributed by atoms with Crippen LogP contribution in [-0.4, -0.2) is 0 Å². The van der Waals surface area contributed by atoms with Gasteiger partial charge in [0.15, 0.2) is 0 Å². The maximum Gasteiger partial charge on any atom is -0.0295 e. The molecule has 0 nitrogen and oxygen atoms in total. The minimum Gasteiger partial charge on any atom is -0.0654 e. The van der Waals surface area contributed by atoms with Crippen molar-refractivity contribution in [3.63, 3.8) is 0 Å². The number of hydrogen-bond acceptors (Lipinski definition) is 0. The van der Waals surface area contributed by atoms with Crippen LogP contribution in [0.25, 0.3) is 0 Å². The van der Waals surface area contributed by atoms with Crippen molar-refractivity contribution in [2.45, 2.75) is 124 Å². The molecule has 2 aliphatic carbocycles. The molecule has 0 amide bonds. The van der Waals surface area contributed by atoms with Crippen LogP contribution in [-0.2, 0) is 0 Å². The van der Waals surface area contributed by atoms with E-state index in [1.165, 1.54) is 70.6 Å². The Bertz CT molecular complexity index is 294. The first kappa shape index (κ1) is 19.3. The Balaban J connectivity index is 1.84. The highest BCUT2D eigenvalue weighted by Gasteiger charge is 2.38. The minimum absolute atomic E-state index is 0.756. The monoisotopic (exact) mass is 320 g/mol. The fourth-order valence-electron chi connectivity index (χ4n) is 6.01. The van der Waals surface area contributed by atoms with Crippen molar-refractivity contribution in [2.75, 3.05) is 0 Å². The summed E-state index contributed by atoms with van der Waals surface area (Å²) in [6, 6.07) is 0. The Morgan fingerprint density at radius 2 is 1.61 bits per heavy atom. The molecule has 0 aliphatic heterocycles. The third-order valence-corrected chi connectivity index (χ3v) is 7.21. The van der Waals surface area contributed by atoms with Crippen molar-refractivity contribution in [1.29, 1.82) is 0 Å². The van der Waals surface area contributed by atoms with Crippen molar-refractivity contribution in [1.82, 2.24) is 0 Å². The largest absolute Gasteiger partial charge is 0.0654 e. The zero-order chi connectivity index (χ0) is 16.5. The van der Waals surface area contributed by atoms with Gasteiger partial charge in [0.05, 0.1) is 0 Å². The molecule has 0 bridgehead atoms. The van der Waals surface area contributed by atoms with Crippen molar-refractivity contribution in [3.05, 3.63) is 0 Å². The van der Waals surface area contributed by atoms with Gasteiger partial charge in [-0.15, -0.1) is 0 Å². The van der Waals surface area contributed by atoms with Gasteiger partial charge in [-0.3, -0.25) is 0 Å². The molecular weight excluding hydrogens is 276 g/mol. The van der Waals surface area contributed by atoms with E-state index >= 15 is 0 Å². The second kappa shape index (κ2) is 10.1. The van der Waals surface area contributed by atoms with E-state index in [0.29, 0.717) is 0 Å². The molecule has 0 heteroatoms. The SMILES string of the molecule is CCCCCC(C)CC1CCCC1CC1(CCC)CCCCC1. The molecule has 2 aliphatic rings. The van der Waals surface area contributed by atoms with E-state index in [1.54, 1.807) is 32.1 Å². The van der Waals surface area contributed by atoms with Gasteiger partial charge in [-0.1, -0.05) is 91.4 Å². The predicted octanol–water partition coefficient (Wildman–Crippen LogP) is 8.15. The summed E-state index contributed by atoms with van der Waals surface area (Å²) in [4.78, 5) is 0. The van der Waals surface area contributed by atoms with E-state index in [4.69, 9.17) is 0 Å². The molecule has 0 radical (unpaired) electrons. The summed E-state index contributed by atoms with van der Waals surface area (Å²) in [5.41, 5.74) is 0.756. The topological polar surface area (TPSA) is 0 Å². The van der Waals surface area contributed by atoms with Gasteiger partial charge in [-0.05, 0) is 55.3 Å². The summed E-state index contributed by atoms with van der Waals surface area (Å²) in [7, 11) is 0. The van der Waals surface area contributed by atoms with Crippen molar-refractivity contribution >= 4 is 0 Å². The fourth-order valence-corrected chi connectivity index (χ4v) is 6.01. The summed E-state index contributed by atoms with van der Waals surface area (Å²) in [6.45, 7) is 7.28. The molecule has 2 fully saturated rings. The summed E-state index contributed by atoms with van der Waals surface area (Å²) in [5.74, 6) is 3.12. The molecule has 3 unspecified atom stereocenters. The molecule has 0 aromatic heterocycles.